The molecule has 0 saturated heterocycles. The summed E-state index contributed by atoms with van der Waals surface area (Å²) >= 11 is 5.82. The monoisotopic (exact) mass is 773 g/mol. The summed E-state index contributed by atoms with van der Waals surface area (Å²) in [7, 11) is 0. The van der Waals surface area contributed by atoms with E-state index in [0.717, 1.165) is 36.0 Å². The van der Waals surface area contributed by atoms with E-state index in [1.807, 2.05) is 109 Å². The largest absolute Gasteiger partial charge is 1.00 e. The third-order valence-corrected chi connectivity index (χ3v) is 6.80. The molecule has 4 aromatic rings. The van der Waals surface area contributed by atoms with Gasteiger partial charge >= 0.3 is 74.9 Å². The SMILES string of the molecule is O=C(OCc1ccccc1)C(Cc1ccc(Br)cc1I)N=C(c1ccccc1)c1ccccc1.[Cs+].[OH-]. The van der Waals surface area contributed by atoms with E-state index in [1.54, 1.807) is 0 Å². The number of carbonyl (C=O) groups is 1. The van der Waals surface area contributed by atoms with E-state index in [4.69, 9.17) is 9.73 Å². The van der Waals surface area contributed by atoms with Crippen LogP contribution in [0.4, 0.5) is 0 Å². The summed E-state index contributed by atoms with van der Waals surface area (Å²) in [4.78, 5) is 18.4. The summed E-state index contributed by atoms with van der Waals surface area (Å²) in [6.45, 7) is 0.217. The normalized spacial score (nSPS) is 10.8. The Bertz CT molecular complexity index is 1230. The molecule has 7 heteroatoms. The summed E-state index contributed by atoms with van der Waals surface area (Å²) in [5.74, 6) is -0.341. The maximum atomic E-state index is 13.4. The molecule has 0 radical (unpaired) electrons. The Morgan fingerprint density at radius 3 is 1.89 bits per heavy atom. The van der Waals surface area contributed by atoms with Gasteiger partial charge in [-0.25, -0.2) is 4.79 Å². The van der Waals surface area contributed by atoms with Crippen molar-refractivity contribution < 1.29 is 83.9 Å². The van der Waals surface area contributed by atoms with Gasteiger partial charge in [0.25, 0.3) is 0 Å². The zero-order chi connectivity index (χ0) is 23.8. The van der Waals surface area contributed by atoms with Crippen molar-refractivity contribution in [3.63, 3.8) is 0 Å². The van der Waals surface area contributed by atoms with Crippen LogP contribution >= 0.6 is 38.5 Å². The van der Waals surface area contributed by atoms with Crippen LogP contribution in [0.25, 0.3) is 0 Å². The molecule has 0 aliphatic carbocycles. The van der Waals surface area contributed by atoms with E-state index in [9.17, 15) is 4.79 Å². The van der Waals surface area contributed by atoms with Gasteiger partial charge in [-0.15, -0.1) is 0 Å². The predicted octanol–water partition coefficient (Wildman–Crippen LogP) is 4.07. The number of hydrogen-bond donors (Lipinski definition) is 0. The van der Waals surface area contributed by atoms with Crippen molar-refractivity contribution in [2.24, 2.45) is 4.99 Å². The quantitative estimate of drug-likeness (QED) is 0.154. The maximum absolute atomic E-state index is 13.4. The van der Waals surface area contributed by atoms with Crippen molar-refractivity contribution in [1.82, 2.24) is 0 Å². The number of esters is 1. The zero-order valence-electron chi connectivity index (χ0n) is 19.9. The molecule has 0 aromatic heterocycles. The average Bonchev–Trinajstić information content (AvgIpc) is 2.88. The molecule has 4 nitrogen and oxygen atoms in total. The van der Waals surface area contributed by atoms with E-state index < -0.39 is 6.04 Å². The van der Waals surface area contributed by atoms with Crippen molar-refractivity contribution >= 4 is 50.2 Å². The Morgan fingerprint density at radius 1 is 0.833 bits per heavy atom. The number of benzene rings is 4. The molecule has 0 saturated carbocycles. The zero-order valence-corrected chi connectivity index (χ0v) is 29.9. The van der Waals surface area contributed by atoms with Gasteiger partial charge in [0.2, 0.25) is 0 Å². The maximum Gasteiger partial charge on any atom is 1.00 e. The van der Waals surface area contributed by atoms with Crippen molar-refractivity contribution in [3.8, 4) is 0 Å². The minimum atomic E-state index is -0.686. The minimum Gasteiger partial charge on any atom is -0.870 e. The molecule has 0 heterocycles. The number of halogens is 2. The van der Waals surface area contributed by atoms with Crippen molar-refractivity contribution in [2.45, 2.75) is 19.1 Å². The van der Waals surface area contributed by atoms with Gasteiger partial charge in [-0.2, -0.15) is 0 Å². The number of rotatable bonds is 8. The van der Waals surface area contributed by atoms with Gasteiger partial charge in [0.1, 0.15) is 6.61 Å². The molecule has 4 rings (SSSR count). The molecule has 0 aliphatic rings. The van der Waals surface area contributed by atoms with Crippen LogP contribution in [-0.2, 0) is 22.6 Å². The average molecular weight is 774 g/mol. The molecular weight excluding hydrogens is 750 g/mol. The smallest absolute Gasteiger partial charge is 0.870 e. The van der Waals surface area contributed by atoms with Crippen LogP contribution in [0, 0.1) is 3.57 Å². The fourth-order valence-electron chi connectivity index (χ4n) is 3.57. The molecule has 1 N–H and O–H groups in total. The van der Waals surface area contributed by atoms with Crippen molar-refractivity contribution in [3.05, 3.63) is 139 Å². The van der Waals surface area contributed by atoms with Crippen LogP contribution in [0.15, 0.2) is 119 Å². The van der Waals surface area contributed by atoms with E-state index in [2.05, 4.69) is 38.5 Å². The molecule has 1 atom stereocenters. The summed E-state index contributed by atoms with van der Waals surface area (Å²) in [6.07, 6.45) is 0.447. The first-order chi connectivity index (χ1) is 16.6. The second-order valence-electron chi connectivity index (χ2n) is 7.76. The van der Waals surface area contributed by atoms with E-state index >= 15 is 0 Å². The van der Waals surface area contributed by atoms with Crippen LogP contribution in [0.5, 0.6) is 0 Å². The first kappa shape index (κ1) is 31.5. The van der Waals surface area contributed by atoms with Gasteiger partial charge in [0.05, 0.1) is 5.71 Å². The number of nitrogens with zero attached hydrogens (tertiary/aromatic N) is 1. The van der Waals surface area contributed by atoms with Gasteiger partial charge in [0.15, 0.2) is 6.04 Å². The van der Waals surface area contributed by atoms with E-state index in [1.165, 1.54) is 0 Å². The van der Waals surface area contributed by atoms with Gasteiger partial charge in [-0.05, 0) is 45.9 Å². The summed E-state index contributed by atoms with van der Waals surface area (Å²) in [6, 6.07) is 35.0. The Balaban J connectivity index is 0.00000228. The summed E-state index contributed by atoms with van der Waals surface area (Å²) in [5.41, 5.74) is 4.69. The van der Waals surface area contributed by atoms with Crippen molar-refractivity contribution in [1.29, 1.82) is 0 Å². The molecule has 0 spiro atoms. The standard InChI is InChI=1S/C29H23BrINO2.Cs.H2O/c30-25-17-16-24(26(31)19-25)18-27(29(33)34-20-21-10-4-1-5-11-21)32-28(22-12-6-2-7-13-22)23-14-8-3-9-15-23;;/h1-17,19,27H,18,20H2;;1H2/q;+1;/p-1. The molecular formula is C29H24BrCsINO3. The topological polar surface area (TPSA) is 68.7 Å². The summed E-state index contributed by atoms with van der Waals surface area (Å²) in [5, 5.41) is 0. The number of aliphatic imine (C=N–C) groups is 1. The molecule has 36 heavy (non-hydrogen) atoms. The third-order valence-electron chi connectivity index (χ3n) is 5.30. The van der Waals surface area contributed by atoms with Crippen LogP contribution in [-0.4, -0.2) is 23.2 Å². The first-order valence-electron chi connectivity index (χ1n) is 10.9. The molecule has 1 unspecified atom stereocenters. The van der Waals surface area contributed by atoms with Crippen LogP contribution in [0.3, 0.4) is 0 Å². The molecule has 0 amide bonds. The van der Waals surface area contributed by atoms with Gasteiger partial charge in [-0.1, -0.05) is 113 Å². The fraction of sp³-hybridized carbons (Fsp3) is 0.103. The van der Waals surface area contributed by atoms with Gasteiger partial charge in [-0.3, -0.25) is 4.99 Å². The number of ether oxygens (including phenoxy) is 1. The molecule has 0 aliphatic heterocycles. The predicted molar refractivity (Wildman–Crippen MR) is 151 cm³/mol. The van der Waals surface area contributed by atoms with E-state index in [0.29, 0.717) is 6.42 Å². The van der Waals surface area contributed by atoms with Crippen LogP contribution in [0.1, 0.15) is 22.3 Å². The van der Waals surface area contributed by atoms with E-state index in [-0.39, 0.29) is 86.9 Å². The summed E-state index contributed by atoms with van der Waals surface area (Å²) < 4.78 is 7.82. The Morgan fingerprint density at radius 2 is 1.36 bits per heavy atom. The molecule has 178 valence electrons. The van der Waals surface area contributed by atoms with Gasteiger partial charge in [0, 0.05) is 25.6 Å². The Kier molecular flexibility index (Phi) is 14.2. The first-order valence-corrected chi connectivity index (χ1v) is 12.8. The van der Waals surface area contributed by atoms with Crippen molar-refractivity contribution in [2.75, 3.05) is 0 Å². The minimum absolute atomic E-state index is 0. The second-order valence-corrected chi connectivity index (χ2v) is 9.84. The van der Waals surface area contributed by atoms with Crippen LogP contribution < -0.4 is 68.9 Å². The number of hydrogen-bond acceptors (Lipinski definition) is 4. The van der Waals surface area contributed by atoms with Crippen LogP contribution in [0.2, 0.25) is 0 Å². The molecule has 0 bridgehead atoms. The molecule has 0 fully saturated rings. The third kappa shape index (κ3) is 9.21. The molecule has 4 aromatic carbocycles. The Labute approximate surface area is 293 Å². The number of carbonyl (C=O) groups excluding carboxylic acids is 1. The second kappa shape index (κ2) is 16.3. The van der Waals surface area contributed by atoms with Gasteiger partial charge < -0.3 is 10.2 Å². The Hall–Kier alpha value is -0.758. The fourth-order valence-corrected chi connectivity index (χ4v) is 5.09.